The molecule has 0 fully saturated rings. The quantitative estimate of drug-likeness (QED) is 0.383. The van der Waals surface area contributed by atoms with Crippen LogP contribution in [-0.2, 0) is 0 Å². The van der Waals surface area contributed by atoms with Gasteiger partial charge in [-0.3, -0.25) is 9.59 Å². The molecule has 0 aliphatic heterocycles. The van der Waals surface area contributed by atoms with Gasteiger partial charge in [0.2, 0.25) is 5.43 Å². The summed E-state index contributed by atoms with van der Waals surface area (Å²) in [5.74, 6) is 0. The zero-order valence-electron chi connectivity index (χ0n) is 14.5. The molecule has 0 aliphatic rings. The molecule has 0 saturated carbocycles. The van der Waals surface area contributed by atoms with Crippen LogP contribution in [0.3, 0.4) is 0 Å². The Morgan fingerprint density at radius 2 is 1.57 bits per heavy atom. The van der Waals surface area contributed by atoms with E-state index in [-0.39, 0.29) is 16.4 Å². The lowest BCUT2D eigenvalue weighted by atomic mass is 10.2. The van der Waals surface area contributed by atoms with E-state index in [1.54, 1.807) is 36.4 Å². The van der Waals surface area contributed by atoms with Crippen LogP contribution in [0.25, 0.3) is 33.0 Å². The van der Waals surface area contributed by atoms with E-state index in [9.17, 15) is 9.59 Å². The highest BCUT2D eigenvalue weighted by atomic mass is 16.3. The highest BCUT2D eigenvalue weighted by molar-refractivity contribution is 5.87. The number of fused-ring (bicyclic) bond motifs is 3. The molecule has 134 valence electrons. The molecule has 0 amide bonds. The van der Waals surface area contributed by atoms with Crippen LogP contribution in [0.2, 0.25) is 0 Å². The summed E-state index contributed by atoms with van der Waals surface area (Å²) in [4.78, 5) is 27.2. The Labute approximate surface area is 157 Å². The summed E-state index contributed by atoms with van der Waals surface area (Å²) >= 11 is 0. The van der Waals surface area contributed by atoms with Gasteiger partial charge in [-0.15, -0.1) is 0 Å². The lowest BCUT2D eigenvalue weighted by Crippen LogP contribution is -2.04. The fourth-order valence-corrected chi connectivity index (χ4v) is 2.78. The van der Waals surface area contributed by atoms with Crippen LogP contribution in [0.5, 0.6) is 0 Å². The number of nitrogens with zero attached hydrogens (tertiary/aromatic N) is 2. The zero-order chi connectivity index (χ0) is 19.5. The van der Waals surface area contributed by atoms with Crippen molar-refractivity contribution in [3.8, 4) is 6.07 Å². The van der Waals surface area contributed by atoms with Crippen molar-refractivity contribution in [2.24, 2.45) is 0 Å². The number of aromatic nitrogens is 1. The molecule has 0 atom stereocenters. The molecule has 3 aromatic heterocycles. The first-order chi connectivity index (χ1) is 13.7. The monoisotopic (exact) mass is 368 g/mol. The molecule has 6 heteroatoms. The van der Waals surface area contributed by atoms with Crippen molar-refractivity contribution >= 4 is 33.0 Å². The first-order valence-electron chi connectivity index (χ1n) is 8.35. The van der Waals surface area contributed by atoms with E-state index in [0.717, 1.165) is 0 Å². The minimum Gasteiger partial charge on any atom is -0.464 e. The zero-order valence-corrected chi connectivity index (χ0v) is 14.5. The predicted octanol–water partition coefficient (Wildman–Crippen LogP) is 4.01. The summed E-state index contributed by atoms with van der Waals surface area (Å²) in [6.07, 6.45) is 2.78. The van der Waals surface area contributed by atoms with Gasteiger partial charge in [-0.2, -0.15) is 5.26 Å². The van der Waals surface area contributed by atoms with E-state index in [2.05, 4.69) is 4.98 Å². The summed E-state index contributed by atoms with van der Waals surface area (Å²) in [5, 5.41) is 9.90. The van der Waals surface area contributed by atoms with Gasteiger partial charge in [0.25, 0.3) is 0 Å². The Hall–Kier alpha value is -4.24. The molecule has 0 bridgehead atoms. The van der Waals surface area contributed by atoms with Crippen LogP contribution in [0.15, 0.2) is 91.5 Å². The standard InChI is InChI=1S/C13H6N2O2.C9H6O2/c14-6-8-5-11-12(15-7-8)13(16)9-3-1-2-4-10(9)17-11;10-8-5-6-11-9-4-2-1-3-7(8)9/h1-5,7H;1-6H. The first kappa shape index (κ1) is 17.2. The summed E-state index contributed by atoms with van der Waals surface area (Å²) in [6, 6.07) is 19.1. The molecule has 5 rings (SSSR count). The summed E-state index contributed by atoms with van der Waals surface area (Å²) < 4.78 is 10.6. The van der Waals surface area contributed by atoms with E-state index in [0.29, 0.717) is 33.1 Å². The van der Waals surface area contributed by atoms with Gasteiger partial charge in [0, 0.05) is 18.3 Å². The molecule has 0 N–H and O–H groups in total. The maximum absolute atomic E-state index is 12.1. The van der Waals surface area contributed by atoms with Gasteiger partial charge in [-0.25, -0.2) is 4.98 Å². The number of hydrogen-bond donors (Lipinski definition) is 0. The van der Waals surface area contributed by atoms with E-state index in [1.165, 1.54) is 24.6 Å². The Balaban J connectivity index is 0.000000151. The number of benzene rings is 2. The molecule has 0 radical (unpaired) electrons. The molecule has 0 unspecified atom stereocenters. The molecule has 28 heavy (non-hydrogen) atoms. The van der Waals surface area contributed by atoms with Gasteiger partial charge in [0.15, 0.2) is 16.5 Å². The minimum absolute atomic E-state index is 0.00634. The third-order valence-electron chi connectivity index (χ3n) is 4.12. The summed E-state index contributed by atoms with van der Waals surface area (Å²) in [7, 11) is 0. The number of hydrogen-bond acceptors (Lipinski definition) is 6. The van der Waals surface area contributed by atoms with Crippen molar-refractivity contribution in [2.45, 2.75) is 0 Å². The predicted molar refractivity (Wildman–Crippen MR) is 105 cm³/mol. The van der Waals surface area contributed by atoms with Gasteiger partial charge >= 0.3 is 0 Å². The molecular weight excluding hydrogens is 356 g/mol. The number of nitriles is 1. The van der Waals surface area contributed by atoms with E-state index < -0.39 is 0 Å². The highest BCUT2D eigenvalue weighted by Crippen LogP contribution is 2.17. The maximum atomic E-state index is 12.1. The van der Waals surface area contributed by atoms with E-state index >= 15 is 0 Å². The first-order valence-corrected chi connectivity index (χ1v) is 8.35. The number of rotatable bonds is 0. The molecule has 0 saturated heterocycles. The van der Waals surface area contributed by atoms with E-state index in [1.807, 2.05) is 18.2 Å². The van der Waals surface area contributed by atoms with Crippen molar-refractivity contribution in [1.29, 1.82) is 5.26 Å². The van der Waals surface area contributed by atoms with Gasteiger partial charge < -0.3 is 8.83 Å². The molecular formula is C22H12N2O4. The minimum atomic E-state index is -0.175. The Bertz CT molecular complexity index is 1470. The number of pyridine rings is 1. The highest BCUT2D eigenvalue weighted by Gasteiger charge is 2.08. The van der Waals surface area contributed by atoms with Crippen LogP contribution in [0.1, 0.15) is 5.56 Å². The third-order valence-corrected chi connectivity index (χ3v) is 4.12. The largest absolute Gasteiger partial charge is 0.464 e. The molecule has 0 spiro atoms. The van der Waals surface area contributed by atoms with Gasteiger partial charge in [-0.05, 0) is 24.3 Å². The van der Waals surface area contributed by atoms with Crippen molar-refractivity contribution in [2.75, 3.05) is 0 Å². The molecule has 2 aromatic carbocycles. The van der Waals surface area contributed by atoms with Gasteiger partial charge in [0.1, 0.15) is 17.2 Å². The number of para-hydroxylation sites is 2. The fourth-order valence-electron chi connectivity index (χ4n) is 2.78. The second-order valence-corrected chi connectivity index (χ2v) is 5.89. The van der Waals surface area contributed by atoms with Crippen LogP contribution in [0.4, 0.5) is 0 Å². The summed E-state index contributed by atoms with van der Waals surface area (Å²) in [6.45, 7) is 0. The lowest BCUT2D eigenvalue weighted by Gasteiger charge is -1.99. The molecule has 3 heterocycles. The van der Waals surface area contributed by atoms with Gasteiger partial charge in [0.05, 0.1) is 22.6 Å². The van der Waals surface area contributed by atoms with Crippen molar-refractivity contribution in [3.63, 3.8) is 0 Å². The summed E-state index contributed by atoms with van der Waals surface area (Å²) in [5.41, 5.74) is 1.94. The average molecular weight is 368 g/mol. The normalized spacial score (nSPS) is 10.4. The van der Waals surface area contributed by atoms with E-state index in [4.69, 9.17) is 14.1 Å². The molecule has 0 aliphatic carbocycles. The van der Waals surface area contributed by atoms with Crippen LogP contribution in [0, 0.1) is 11.3 Å². The SMILES string of the molecule is N#Cc1cnc2c(=O)c3ccccc3oc2c1.O=c1ccoc2ccccc12. The Kier molecular flexibility index (Phi) is 4.40. The fraction of sp³-hybridized carbons (Fsp3) is 0. The Morgan fingerprint density at radius 3 is 2.32 bits per heavy atom. The van der Waals surface area contributed by atoms with Crippen molar-refractivity contribution in [3.05, 3.63) is 99.1 Å². The molecule has 6 nitrogen and oxygen atoms in total. The van der Waals surface area contributed by atoms with Crippen LogP contribution < -0.4 is 10.9 Å². The van der Waals surface area contributed by atoms with Crippen LogP contribution >= 0.6 is 0 Å². The topological polar surface area (TPSA) is 97.1 Å². The smallest absolute Gasteiger partial charge is 0.218 e. The van der Waals surface area contributed by atoms with Crippen LogP contribution in [-0.4, -0.2) is 4.98 Å². The van der Waals surface area contributed by atoms with Crippen molar-refractivity contribution < 1.29 is 8.83 Å². The maximum Gasteiger partial charge on any atom is 0.218 e. The average Bonchev–Trinajstić information content (AvgIpc) is 2.74. The van der Waals surface area contributed by atoms with Gasteiger partial charge in [-0.1, -0.05) is 24.3 Å². The van der Waals surface area contributed by atoms with Crippen molar-refractivity contribution in [1.82, 2.24) is 4.98 Å². The second-order valence-electron chi connectivity index (χ2n) is 5.89. The molecule has 5 aromatic rings. The lowest BCUT2D eigenvalue weighted by molar-refractivity contribution is 0.602. The second kappa shape index (κ2) is 7.17. The third kappa shape index (κ3) is 3.13. The Morgan fingerprint density at radius 1 is 0.857 bits per heavy atom.